The molecule has 0 radical (unpaired) electrons. The Bertz CT molecular complexity index is 707. The molecule has 0 N–H and O–H groups in total. The van der Waals surface area contributed by atoms with Gasteiger partial charge in [0.25, 0.3) is 0 Å². The highest BCUT2D eigenvalue weighted by molar-refractivity contribution is 5.85. The Labute approximate surface area is 172 Å². The number of hydrogen-bond donors (Lipinski definition) is 0. The van der Waals surface area contributed by atoms with Crippen LogP contribution in [0.1, 0.15) is 106 Å². The van der Waals surface area contributed by atoms with Crippen LogP contribution in [0, 0.1) is 44.8 Å². The van der Waals surface area contributed by atoms with Gasteiger partial charge in [0.1, 0.15) is 11.6 Å². The number of hydrogen-bond acceptors (Lipinski definition) is 2. The second kappa shape index (κ2) is 5.94. The van der Waals surface area contributed by atoms with Crippen LogP contribution in [0.3, 0.4) is 0 Å². The van der Waals surface area contributed by atoms with E-state index in [1.54, 1.807) is 0 Å². The second-order valence-corrected chi connectivity index (χ2v) is 12.7. The molecule has 0 aliphatic heterocycles. The van der Waals surface area contributed by atoms with Crippen LogP contribution in [0.5, 0.6) is 0 Å². The molecule has 0 heterocycles. The maximum Gasteiger partial charge on any atom is 0.138 e. The van der Waals surface area contributed by atoms with Crippen molar-refractivity contribution < 1.29 is 9.59 Å². The summed E-state index contributed by atoms with van der Waals surface area (Å²) in [6, 6.07) is 0. The highest BCUT2D eigenvalue weighted by Gasteiger charge is 2.67. The number of rotatable bonds is 1. The van der Waals surface area contributed by atoms with Crippen molar-refractivity contribution >= 4 is 11.6 Å². The number of fused-ring (bicyclic) bond motifs is 5. The first-order valence-electron chi connectivity index (χ1n) is 11.9. The minimum absolute atomic E-state index is 0.103. The first-order valence-corrected chi connectivity index (χ1v) is 11.9. The van der Waals surface area contributed by atoms with Crippen molar-refractivity contribution in [2.24, 2.45) is 44.8 Å². The van der Waals surface area contributed by atoms with Crippen molar-refractivity contribution in [2.45, 2.75) is 106 Å². The Balaban J connectivity index is 1.70. The van der Waals surface area contributed by atoms with E-state index in [2.05, 4.69) is 41.5 Å². The van der Waals surface area contributed by atoms with Gasteiger partial charge >= 0.3 is 0 Å². The second-order valence-electron chi connectivity index (χ2n) is 12.7. The van der Waals surface area contributed by atoms with Crippen LogP contribution in [-0.2, 0) is 9.59 Å². The molecule has 0 aromatic rings. The van der Waals surface area contributed by atoms with E-state index in [1.807, 2.05) is 6.92 Å². The quantitative estimate of drug-likeness (QED) is 0.508. The Morgan fingerprint density at radius 1 is 0.821 bits per heavy atom. The normalized spacial score (nSPS) is 53.0. The van der Waals surface area contributed by atoms with Crippen LogP contribution >= 0.6 is 0 Å². The summed E-state index contributed by atoms with van der Waals surface area (Å²) in [6.45, 7) is 16.2. The van der Waals surface area contributed by atoms with Gasteiger partial charge in [-0.1, -0.05) is 41.5 Å². The molecule has 4 saturated carbocycles. The molecule has 2 nitrogen and oxygen atoms in total. The van der Waals surface area contributed by atoms with Gasteiger partial charge in [0.2, 0.25) is 0 Å². The van der Waals surface area contributed by atoms with Crippen LogP contribution < -0.4 is 0 Å². The lowest BCUT2D eigenvalue weighted by Crippen LogP contribution is -2.65. The summed E-state index contributed by atoms with van der Waals surface area (Å²) in [4.78, 5) is 25.1. The summed E-state index contributed by atoms with van der Waals surface area (Å²) in [7, 11) is 0. The zero-order chi connectivity index (χ0) is 20.8. The molecule has 0 saturated heterocycles. The van der Waals surface area contributed by atoms with Gasteiger partial charge in [-0.3, -0.25) is 9.59 Å². The van der Waals surface area contributed by atoms with Crippen molar-refractivity contribution in [1.29, 1.82) is 0 Å². The van der Waals surface area contributed by atoms with Gasteiger partial charge in [0.15, 0.2) is 0 Å². The summed E-state index contributed by atoms with van der Waals surface area (Å²) in [5.41, 5.74) is 0.708. The summed E-state index contributed by atoms with van der Waals surface area (Å²) < 4.78 is 0. The van der Waals surface area contributed by atoms with E-state index < -0.39 is 0 Å². The molecule has 2 heteroatoms. The third kappa shape index (κ3) is 2.38. The molecule has 4 unspecified atom stereocenters. The standard InChI is InChI=1S/C26H42O2/c1-17(27)23(4)14-15-25(6)18(16-23)8-9-20-24(5)12-11-21(28)22(2,3)19(24)10-13-26(20,25)7/h18-20H,8-16H2,1-7H3/t18?,19?,20?,23-,24?,25+,26+/m0/s1. The lowest BCUT2D eigenvalue weighted by atomic mass is 9.33. The Hall–Kier alpha value is -0.660. The van der Waals surface area contributed by atoms with E-state index in [9.17, 15) is 9.59 Å². The minimum atomic E-state index is -0.161. The SMILES string of the molecule is CC(=O)[C@@]1(C)CC[C@]2(C)C(CCC3C4(C)CCC(=O)C(C)(C)C4CC[C@]32C)C1. The van der Waals surface area contributed by atoms with Crippen molar-refractivity contribution in [3.63, 3.8) is 0 Å². The van der Waals surface area contributed by atoms with Gasteiger partial charge in [-0.15, -0.1) is 0 Å². The minimum Gasteiger partial charge on any atom is -0.299 e. The van der Waals surface area contributed by atoms with E-state index >= 15 is 0 Å². The van der Waals surface area contributed by atoms with E-state index in [-0.39, 0.29) is 10.8 Å². The van der Waals surface area contributed by atoms with Crippen LogP contribution in [0.25, 0.3) is 0 Å². The molecule has 158 valence electrons. The Morgan fingerprint density at radius 2 is 1.50 bits per heavy atom. The van der Waals surface area contributed by atoms with Gasteiger partial charge < -0.3 is 0 Å². The van der Waals surface area contributed by atoms with Crippen LogP contribution in [0.2, 0.25) is 0 Å². The number of carbonyl (C=O) groups excluding carboxylic acids is 2. The maximum absolute atomic E-state index is 12.7. The predicted molar refractivity (Wildman–Crippen MR) is 114 cm³/mol. The Kier molecular flexibility index (Phi) is 4.37. The van der Waals surface area contributed by atoms with Crippen molar-refractivity contribution in [3.8, 4) is 0 Å². The van der Waals surface area contributed by atoms with Crippen LogP contribution in [0.4, 0.5) is 0 Å². The highest BCUT2D eigenvalue weighted by atomic mass is 16.1. The zero-order valence-electron chi connectivity index (χ0n) is 19.4. The topological polar surface area (TPSA) is 34.1 Å². The van der Waals surface area contributed by atoms with E-state index in [1.165, 1.54) is 32.1 Å². The Morgan fingerprint density at radius 3 is 2.14 bits per heavy atom. The summed E-state index contributed by atoms with van der Waals surface area (Å²) >= 11 is 0. The number of ketones is 2. The smallest absolute Gasteiger partial charge is 0.138 e. The molecule has 0 spiro atoms. The molecule has 4 aliphatic carbocycles. The molecular weight excluding hydrogens is 344 g/mol. The third-order valence-corrected chi connectivity index (χ3v) is 11.5. The summed E-state index contributed by atoms with van der Waals surface area (Å²) in [6.07, 6.45) is 10.2. The fraction of sp³-hybridized carbons (Fsp3) is 0.923. The summed E-state index contributed by atoms with van der Waals surface area (Å²) in [5, 5.41) is 0. The van der Waals surface area contributed by atoms with E-state index in [0.29, 0.717) is 45.6 Å². The van der Waals surface area contributed by atoms with Gasteiger partial charge in [0.05, 0.1) is 0 Å². The van der Waals surface area contributed by atoms with Crippen LogP contribution in [0.15, 0.2) is 0 Å². The average molecular weight is 387 g/mol. The molecule has 0 aromatic heterocycles. The molecule has 7 atom stereocenters. The lowest BCUT2D eigenvalue weighted by molar-refractivity contribution is -0.219. The number of carbonyl (C=O) groups is 2. The van der Waals surface area contributed by atoms with E-state index in [4.69, 9.17) is 0 Å². The molecule has 4 rings (SSSR count). The first-order chi connectivity index (χ1) is 12.8. The summed E-state index contributed by atoms with van der Waals surface area (Å²) in [5.74, 6) is 2.81. The average Bonchev–Trinajstić information content (AvgIpc) is 2.60. The molecule has 4 fully saturated rings. The largest absolute Gasteiger partial charge is 0.299 e. The van der Waals surface area contributed by atoms with Gasteiger partial charge in [-0.05, 0) is 92.3 Å². The van der Waals surface area contributed by atoms with Crippen molar-refractivity contribution in [3.05, 3.63) is 0 Å². The fourth-order valence-corrected chi connectivity index (χ4v) is 9.15. The lowest BCUT2D eigenvalue weighted by Gasteiger charge is -2.71. The molecule has 28 heavy (non-hydrogen) atoms. The van der Waals surface area contributed by atoms with Gasteiger partial charge in [-0.2, -0.15) is 0 Å². The molecule has 0 aromatic carbocycles. The van der Waals surface area contributed by atoms with Crippen molar-refractivity contribution in [1.82, 2.24) is 0 Å². The third-order valence-electron chi connectivity index (χ3n) is 11.5. The van der Waals surface area contributed by atoms with Crippen molar-refractivity contribution in [2.75, 3.05) is 0 Å². The molecule has 0 bridgehead atoms. The fourth-order valence-electron chi connectivity index (χ4n) is 9.15. The van der Waals surface area contributed by atoms with E-state index in [0.717, 1.165) is 25.7 Å². The molecular formula is C26H42O2. The molecule has 0 amide bonds. The van der Waals surface area contributed by atoms with Crippen LogP contribution in [-0.4, -0.2) is 11.6 Å². The first kappa shape index (κ1) is 20.6. The predicted octanol–water partition coefficient (Wildman–Crippen LogP) is 6.61. The van der Waals surface area contributed by atoms with Gasteiger partial charge in [0, 0.05) is 17.3 Å². The molecule has 4 aliphatic rings. The van der Waals surface area contributed by atoms with Gasteiger partial charge in [-0.25, -0.2) is 0 Å². The monoisotopic (exact) mass is 386 g/mol. The number of Topliss-reactive ketones (excluding diaryl/α,β-unsaturated/α-hetero) is 2. The zero-order valence-corrected chi connectivity index (χ0v) is 19.4. The maximum atomic E-state index is 12.7. The highest BCUT2D eigenvalue weighted by Crippen LogP contribution is 2.74.